The number of aromatic nitrogens is 2. The maximum Gasteiger partial charge on any atom is 0.114 e. The van der Waals surface area contributed by atoms with E-state index in [1.54, 1.807) is 0 Å². The second-order valence-corrected chi connectivity index (χ2v) is 6.06. The van der Waals surface area contributed by atoms with Crippen LogP contribution in [0.3, 0.4) is 0 Å². The summed E-state index contributed by atoms with van der Waals surface area (Å²) >= 11 is 0. The van der Waals surface area contributed by atoms with E-state index in [1.165, 1.54) is 16.3 Å². The van der Waals surface area contributed by atoms with Crippen LogP contribution in [0.1, 0.15) is 17.8 Å². The summed E-state index contributed by atoms with van der Waals surface area (Å²) in [5.74, 6) is 1.06. The largest absolute Gasteiger partial charge is 0.396 e. The lowest BCUT2D eigenvalue weighted by molar-refractivity contribution is 0.280. The highest BCUT2D eigenvalue weighted by Gasteiger charge is 2.12. The van der Waals surface area contributed by atoms with Crippen LogP contribution in [-0.4, -0.2) is 21.3 Å². The molecule has 0 aliphatic heterocycles. The van der Waals surface area contributed by atoms with Gasteiger partial charge < -0.3 is 9.67 Å². The van der Waals surface area contributed by atoms with Crippen LogP contribution < -0.4 is 0 Å². The Morgan fingerprint density at radius 3 is 2.58 bits per heavy atom. The molecule has 3 nitrogen and oxygen atoms in total. The summed E-state index contributed by atoms with van der Waals surface area (Å²) in [5.41, 5.74) is 3.44. The SMILES string of the molecule is OCCCn1c(Cc2cccc3ccccc23)nc2ccccc21. The molecule has 0 saturated carbocycles. The van der Waals surface area contributed by atoms with E-state index in [9.17, 15) is 5.11 Å². The summed E-state index contributed by atoms with van der Waals surface area (Å²) in [6.45, 7) is 0.983. The van der Waals surface area contributed by atoms with Gasteiger partial charge in [0.25, 0.3) is 0 Å². The predicted molar refractivity (Wildman–Crippen MR) is 98.2 cm³/mol. The van der Waals surface area contributed by atoms with Crippen molar-refractivity contribution in [2.45, 2.75) is 19.4 Å². The van der Waals surface area contributed by atoms with Gasteiger partial charge in [-0.05, 0) is 34.9 Å². The molecule has 4 aromatic rings. The molecule has 0 bridgehead atoms. The van der Waals surface area contributed by atoms with Crippen LogP contribution in [0.15, 0.2) is 66.7 Å². The standard InChI is InChI=1S/C21H20N2O/c24-14-6-13-23-20-12-4-3-11-19(20)22-21(23)15-17-9-5-8-16-7-1-2-10-18(16)17/h1-5,7-12,24H,6,13-15H2. The van der Waals surface area contributed by atoms with Crippen molar-refractivity contribution in [3.8, 4) is 0 Å². The number of nitrogens with zero attached hydrogens (tertiary/aromatic N) is 2. The molecule has 0 aliphatic rings. The molecule has 0 atom stereocenters. The lowest BCUT2D eigenvalue weighted by atomic mass is 10.0. The molecule has 1 heterocycles. The Kier molecular flexibility index (Phi) is 4.01. The van der Waals surface area contributed by atoms with Gasteiger partial charge >= 0.3 is 0 Å². The first-order valence-electron chi connectivity index (χ1n) is 8.38. The van der Waals surface area contributed by atoms with Crippen LogP contribution in [0.5, 0.6) is 0 Å². The number of benzene rings is 3. The molecule has 0 radical (unpaired) electrons. The number of hydrogen-bond acceptors (Lipinski definition) is 2. The summed E-state index contributed by atoms with van der Waals surface area (Å²) < 4.78 is 2.24. The average Bonchev–Trinajstić information content (AvgIpc) is 2.97. The van der Waals surface area contributed by atoms with Gasteiger partial charge in [-0.25, -0.2) is 4.98 Å². The number of hydrogen-bond donors (Lipinski definition) is 1. The van der Waals surface area contributed by atoms with Gasteiger partial charge in [0, 0.05) is 19.6 Å². The molecule has 3 heteroatoms. The fourth-order valence-electron chi connectivity index (χ4n) is 3.36. The minimum absolute atomic E-state index is 0.195. The van der Waals surface area contributed by atoms with Crippen LogP contribution in [0.25, 0.3) is 21.8 Å². The van der Waals surface area contributed by atoms with E-state index in [1.807, 2.05) is 12.1 Å². The Balaban J connectivity index is 1.81. The topological polar surface area (TPSA) is 38.0 Å². The van der Waals surface area contributed by atoms with Gasteiger partial charge in [0.15, 0.2) is 0 Å². The molecule has 0 spiro atoms. The Hall–Kier alpha value is -2.65. The molecule has 0 amide bonds. The van der Waals surface area contributed by atoms with E-state index in [0.717, 1.165) is 36.2 Å². The Labute approximate surface area is 141 Å². The molecule has 3 aromatic carbocycles. The predicted octanol–water partition coefficient (Wildman–Crippen LogP) is 4.16. The molecule has 0 saturated heterocycles. The minimum Gasteiger partial charge on any atom is -0.396 e. The molecule has 1 N–H and O–H groups in total. The minimum atomic E-state index is 0.195. The van der Waals surface area contributed by atoms with Gasteiger partial charge in [0.05, 0.1) is 11.0 Å². The van der Waals surface area contributed by atoms with E-state index in [4.69, 9.17) is 4.98 Å². The number of fused-ring (bicyclic) bond motifs is 2. The maximum atomic E-state index is 9.23. The van der Waals surface area contributed by atoms with Crippen molar-refractivity contribution < 1.29 is 5.11 Å². The highest BCUT2D eigenvalue weighted by Crippen LogP contribution is 2.23. The average molecular weight is 316 g/mol. The lowest BCUT2D eigenvalue weighted by Crippen LogP contribution is -2.06. The van der Waals surface area contributed by atoms with Crippen LogP contribution in [0, 0.1) is 0 Å². The highest BCUT2D eigenvalue weighted by atomic mass is 16.3. The van der Waals surface area contributed by atoms with E-state index < -0.39 is 0 Å². The van der Waals surface area contributed by atoms with Crippen molar-refractivity contribution in [2.75, 3.05) is 6.61 Å². The van der Waals surface area contributed by atoms with Gasteiger partial charge in [-0.15, -0.1) is 0 Å². The molecule has 120 valence electrons. The number of imidazole rings is 1. The Bertz CT molecular complexity index is 982. The van der Waals surface area contributed by atoms with E-state index in [2.05, 4.69) is 59.2 Å². The van der Waals surface area contributed by atoms with Gasteiger partial charge in [0.2, 0.25) is 0 Å². The molecule has 0 unspecified atom stereocenters. The third kappa shape index (κ3) is 2.68. The van der Waals surface area contributed by atoms with Gasteiger partial charge in [-0.3, -0.25) is 0 Å². The number of aliphatic hydroxyl groups is 1. The molecule has 0 fully saturated rings. The first-order chi connectivity index (χ1) is 11.9. The molecule has 24 heavy (non-hydrogen) atoms. The van der Waals surface area contributed by atoms with E-state index >= 15 is 0 Å². The zero-order valence-corrected chi connectivity index (χ0v) is 13.5. The van der Waals surface area contributed by atoms with Crippen LogP contribution in [0.4, 0.5) is 0 Å². The molecule has 4 rings (SSSR count). The summed E-state index contributed by atoms with van der Waals surface area (Å²) in [4.78, 5) is 4.85. The zero-order chi connectivity index (χ0) is 16.4. The molecular weight excluding hydrogens is 296 g/mol. The van der Waals surface area contributed by atoms with E-state index in [0.29, 0.717) is 0 Å². The van der Waals surface area contributed by atoms with E-state index in [-0.39, 0.29) is 6.61 Å². The molecule has 1 aromatic heterocycles. The normalized spacial score (nSPS) is 11.4. The fourth-order valence-corrected chi connectivity index (χ4v) is 3.36. The lowest BCUT2D eigenvalue weighted by Gasteiger charge is -2.10. The maximum absolute atomic E-state index is 9.23. The first-order valence-corrected chi connectivity index (χ1v) is 8.38. The Morgan fingerprint density at radius 1 is 0.875 bits per heavy atom. The van der Waals surface area contributed by atoms with Crippen molar-refractivity contribution >= 4 is 21.8 Å². The van der Waals surface area contributed by atoms with Crippen LogP contribution in [0.2, 0.25) is 0 Å². The van der Waals surface area contributed by atoms with Crippen molar-refractivity contribution in [3.05, 3.63) is 78.1 Å². The Morgan fingerprint density at radius 2 is 1.67 bits per heavy atom. The van der Waals surface area contributed by atoms with Gasteiger partial charge in [-0.1, -0.05) is 54.6 Å². The highest BCUT2D eigenvalue weighted by molar-refractivity contribution is 5.86. The summed E-state index contributed by atoms with van der Waals surface area (Å²) in [5, 5.41) is 11.8. The van der Waals surface area contributed by atoms with Gasteiger partial charge in [-0.2, -0.15) is 0 Å². The smallest absolute Gasteiger partial charge is 0.114 e. The monoisotopic (exact) mass is 316 g/mol. The van der Waals surface area contributed by atoms with Crippen molar-refractivity contribution in [1.82, 2.24) is 9.55 Å². The van der Waals surface area contributed by atoms with Crippen molar-refractivity contribution in [2.24, 2.45) is 0 Å². The van der Waals surface area contributed by atoms with Crippen LogP contribution >= 0.6 is 0 Å². The molecular formula is C21H20N2O. The second kappa shape index (κ2) is 6.46. The zero-order valence-electron chi connectivity index (χ0n) is 13.5. The number of aryl methyl sites for hydroxylation is 1. The third-order valence-corrected chi connectivity index (χ3v) is 4.50. The fraction of sp³-hybridized carbons (Fsp3) is 0.190. The molecule has 0 aliphatic carbocycles. The quantitative estimate of drug-likeness (QED) is 0.600. The summed E-state index contributed by atoms with van der Waals surface area (Å²) in [6, 6.07) is 23.1. The number of para-hydroxylation sites is 2. The van der Waals surface area contributed by atoms with Crippen molar-refractivity contribution in [3.63, 3.8) is 0 Å². The third-order valence-electron chi connectivity index (χ3n) is 4.50. The number of aliphatic hydroxyl groups excluding tert-OH is 1. The first kappa shape index (κ1) is 14.9. The number of rotatable bonds is 5. The van der Waals surface area contributed by atoms with Gasteiger partial charge in [0.1, 0.15) is 5.82 Å². The summed E-state index contributed by atoms with van der Waals surface area (Å²) in [7, 11) is 0. The second-order valence-electron chi connectivity index (χ2n) is 6.06. The van der Waals surface area contributed by atoms with Crippen molar-refractivity contribution in [1.29, 1.82) is 0 Å². The summed E-state index contributed by atoms with van der Waals surface area (Å²) in [6.07, 6.45) is 1.53. The van der Waals surface area contributed by atoms with Crippen LogP contribution in [-0.2, 0) is 13.0 Å².